The zero-order valence-electron chi connectivity index (χ0n) is 20.7. The Kier molecular flexibility index (Phi) is 6.13. The van der Waals surface area contributed by atoms with Crippen molar-refractivity contribution in [2.75, 3.05) is 11.5 Å². The molecule has 184 valence electrons. The Labute approximate surface area is 213 Å². The molecule has 0 aliphatic carbocycles. The number of carbonyl (C=O) groups is 4. The van der Waals surface area contributed by atoms with Crippen LogP contribution in [0, 0.1) is 13.8 Å². The fourth-order valence-corrected chi connectivity index (χ4v) is 4.55. The Morgan fingerprint density at radius 3 is 2.27 bits per heavy atom. The van der Waals surface area contributed by atoms with E-state index in [0.29, 0.717) is 33.3 Å². The highest BCUT2D eigenvalue weighted by Crippen LogP contribution is 2.36. The minimum Gasteiger partial charge on any atom is -0.454 e. The van der Waals surface area contributed by atoms with Gasteiger partial charge in [0, 0.05) is 10.9 Å². The van der Waals surface area contributed by atoms with Crippen molar-refractivity contribution in [2.24, 2.45) is 0 Å². The van der Waals surface area contributed by atoms with Gasteiger partial charge in [0.1, 0.15) is 0 Å². The van der Waals surface area contributed by atoms with Crippen molar-refractivity contribution in [3.05, 3.63) is 106 Å². The number of benzene rings is 3. The smallest absolute Gasteiger partial charge is 0.338 e. The molecule has 5 rings (SSSR count). The summed E-state index contributed by atoms with van der Waals surface area (Å²) in [5, 5.41) is 0.600. The normalized spacial score (nSPS) is 12.7. The molecule has 0 bridgehead atoms. The lowest BCUT2D eigenvalue weighted by Gasteiger charge is -2.17. The molecule has 2 heterocycles. The maximum Gasteiger partial charge on any atom is 0.338 e. The number of ketones is 1. The number of amides is 2. The maximum absolute atomic E-state index is 13.5. The van der Waals surface area contributed by atoms with Gasteiger partial charge in [-0.3, -0.25) is 19.4 Å². The largest absolute Gasteiger partial charge is 0.454 e. The third kappa shape index (κ3) is 4.18. The van der Waals surface area contributed by atoms with E-state index < -0.39 is 24.4 Å². The minimum absolute atomic E-state index is 0.131. The number of hydrogen-bond acceptors (Lipinski definition) is 6. The van der Waals surface area contributed by atoms with E-state index in [0.717, 1.165) is 16.9 Å². The fourth-order valence-electron chi connectivity index (χ4n) is 4.55. The average molecular weight is 493 g/mol. The summed E-state index contributed by atoms with van der Waals surface area (Å²) in [6, 6.07) is 19.0. The molecule has 0 spiro atoms. The van der Waals surface area contributed by atoms with E-state index in [1.54, 1.807) is 56.3 Å². The van der Waals surface area contributed by atoms with Crippen LogP contribution in [0.2, 0.25) is 0 Å². The number of esters is 1. The van der Waals surface area contributed by atoms with E-state index in [2.05, 4.69) is 4.98 Å². The third-order valence-electron chi connectivity index (χ3n) is 6.61. The fraction of sp³-hybridized carbons (Fsp3) is 0.167. The highest BCUT2D eigenvalue weighted by molar-refractivity contribution is 6.38. The van der Waals surface area contributed by atoms with E-state index in [1.165, 1.54) is 6.07 Å². The summed E-state index contributed by atoms with van der Waals surface area (Å²) in [4.78, 5) is 57.8. The van der Waals surface area contributed by atoms with Gasteiger partial charge >= 0.3 is 5.97 Å². The van der Waals surface area contributed by atoms with Crippen LogP contribution < -0.4 is 4.90 Å². The zero-order chi connectivity index (χ0) is 26.3. The molecule has 7 heteroatoms. The first-order valence-electron chi connectivity index (χ1n) is 12.0. The maximum atomic E-state index is 13.5. The molecule has 0 atom stereocenters. The van der Waals surface area contributed by atoms with Crippen LogP contribution in [0.1, 0.15) is 65.2 Å². The summed E-state index contributed by atoms with van der Waals surface area (Å²) in [7, 11) is 0. The summed E-state index contributed by atoms with van der Waals surface area (Å²) >= 11 is 0. The van der Waals surface area contributed by atoms with Crippen molar-refractivity contribution in [1.29, 1.82) is 0 Å². The lowest BCUT2D eigenvalue weighted by molar-refractivity contribution is 0.0474. The first kappa shape index (κ1) is 24.1. The van der Waals surface area contributed by atoms with Crippen LogP contribution >= 0.6 is 0 Å². The number of ether oxygens (including phenoxy) is 1. The van der Waals surface area contributed by atoms with Crippen molar-refractivity contribution < 1.29 is 23.9 Å². The van der Waals surface area contributed by atoms with Crippen LogP contribution in [-0.2, 0) is 11.2 Å². The number of aromatic nitrogens is 1. The van der Waals surface area contributed by atoms with E-state index in [1.807, 2.05) is 25.1 Å². The summed E-state index contributed by atoms with van der Waals surface area (Å²) in [5.74, 6) is -2.01. The molecular weight excluding hydrogens is 468 g/mol. The van der Waals surface area contributed by atoms with Crippen LogP contribution in [0.5, 0.6) is 0 Å². The predicted molar refractivity (Wildman–Crippen MR) is 139 cm³/mol. The van der Waals surface area contributed by atoms with Gasteiger partial charge in [-0.2, -0.15) is 0 Å². The van der Waals surface area contributed by atoms with Gasteiger partial charge in [0.05, 0.1) is 33.6 Å². The van der Waals surface area contributed by atoms with Gasteiger partial charge in [-0.25, -0.2) is 9.69 Å². The molecule has 1 aliphatic heterocycles. The van der Waals surface area contributed by atoms with Crippen molar-refractivity contribution in [2.45, 2.75) is 27.2 Å². The van der Waals surface area contributed by atoms with Gasteiger partial charge in [-0.1, -0.05) is 55.5 Å². The highest BCUT2D eigenvalue weighted by Gasteiger charge is 2.40. The van der Waals surface area contributed by atoms with Crippen molar-refractivity contribution >= 4 is 40.2 Å². The third-order valence-corrected chi connectivity index (χ3v) is 6.61. The van der Waals surface area contributed by atoms with E-state index in [9.17, 15) is 19.2 Å². The molecule has 0 N–H and O–H groups in total. The van der Waals surface area contributed by atoms with Crippen LogP contribution in [-0.4, -0.2) is 35.2 Å². The Hall–Kier alpha value is -4.65. The Morgan fingerprint density at radius 2 is 1.54 bits per heavy atom. The van der Waals surface area contributed by atoms with E-state index in [4.69, 9.17) is 4.74 Å². The predicted octanol–water partition coefficient (Wildman–Crippen LogP) is 5.25. The molecule has 1 aliphatic rings. The molecule has 4 aromatic rings. The van der Waals surface area contributed by atoms with Crippen LogP contribution in [0.3, 0.4) is 0 Å². The SMILES string of the molecule is CCc1ccc(C(=O)COC(=O)c2ccc(C)c(N3C(=O)c4c(C)nc5ccccc5c4C3=O)c2)cc1. The first-order chi connectivity index (χ1) is 17.8. The summed E-state index contributed by atoms with van der Waals surface area (Å²) in [6.07, 6.45) is 0.860. The number of para-hydroxylation sites is 1. The number of anilines is 1. The molecule has 0 saturated heterocycles. The van der Waals surface area contributed by atoms with E-state index in [-0.39, 0.29) is 22.6 Å². The van der Waals surface area contributed by atoms with Gasteiger partial charge in [0.15, 0.2) is 12.4 Å². The van der Waals surface area contributed by atoms with Crippen molar-refractivity contribution in [3.63, 3.8) is 0 Å². The molecule has 0 fully saturated rings. The number of Topliss-reactive ketones (excluding diaryl/α,β-unsaturated/α-hetero) is 1. The quantitative estimate of drug-likeness (QED) is 0.207. The molecule has 1 aromatic heterocycles. The molecule has 0 saturated carbocycles. The average Bonchev–Trinajstić information content (AvgIpc) is 3.18. The van der Waals surface area contributed by atoms with Gasteiger partial charge < -0.3 is 4.74 Å². The highest BCUT2D eigenvalue weighted by atomic mass is 16.5. The zero-order valence-corrected chi connectivity index (χ0v) is 20.7. The van der Waals surface area contributed by atoms with Crippen LogP contribution in [0.4, 0.5) is 5.69 Å². The number of hydrogen-bond donors (Lipinski definition) is 0. The van der Waals surface area contributed by atoms with Crippen molar-refractivity contribution in [1.82, 2.24) is 4.98 Å². The number of nitrogens with zero attached hydrogens (tertiary/aromatic N) is 2. The standard InChI is InChI=1S/C30H24N2O5/c1-4-19-10-13-20(14-11-19)25(33)16-37-30(36)21-12-9-17(2)24(15-21)32-28(34)26-18(3)31-23-8-6-5-7-22(23)27(26)29(32)35/h5-15H,4,16H2,1-3H3. The van der Waals surface area contributed by atoms with Crippen LogP contribution in [0.15, 0.2) is 66.7 Å². The molecule has 0 unspecified atom stereocenters. The summed E-state index contributed by atoms with van der Waals surface area (Å²) < 4.78 is 5.26. The molecular formula is C30H24N2O5. The second kappa shape index (κ2) is 9.43. The van der Waals surface area contributed by atoms with Crippen molar-refractivity contribution in [3.8, 4) is 0 Å². The molecule has 37 heavy (non-hydrogen) atoms. The number of rotatable bonds is 6. The molecule has 0 radical (unpaired) electrons. The van der Waals surface area contributed by atoms with Gasteiger partial charge in [0.25, 0.3) is 11.8 Å². The summed E-state index contributed by atoms with van der Waals surface area (Å²) in [5.41, 5.74) is 4.27. The van der Waals surface area contributed by atoms with Gasteiger partial charge in [-0.05, 0) is 49.6 Å². The Balaban J connectivity index is 1.41. The number of pyridine rings is 1. The van der Waals surface area contributed by atoms with Gasteiger partial charge in [-0.15, -0.1) is 0 Å². The second-order valence-corrected chi connectivity index (χ2v) is 8.96. The molecule has 3 aromatic carbocycles. The monoisotopic (exact) mass is 492 g/mol. The minimum atomic E-state index is -0.723. The lowest BCUT2D eigenvalue weighted by atomic mass is 10.0. The Bertz CT molecular complexity index is 1600. The molecule has 2 amide bonds. The topological polar surface area (TPSA) is 93.6 Å². The van der Waals surface area contributed by atoms with Gasteiger partial charge in [0.2, 0.25) is 0 Å². The Morgan fingerprint density at radius 1 is 0.865 bits per heavy atom. The second-order valence-electron chi connectivity index (χ2n) is 8.96. The molecule has 7 nitrogen and oxygen atoms in total. The number of carbonyl (C=O) groups excluding carboxylic acids is 4. The number of fused-ring (bicyclic) bond motifs is 3. The first-order valence-corrected chi connectivity index (χ1v) is 12.0. The van der Waals surface area contributed by atoms with Crippen LogP contribution in [0.25, 0.3) is 10.9 Å². The van der Waals surface area contributed by atoms with E-state index >= 15 is 0 Å². The lowest BCUT2D eigenvalue weighted by Crippen LogP contribution is -2.30. The summed E-state index contributed by atoms with van der Waals surface area (Å²) in [6.45, 7) is 5.06. The number of aryl methyl sites for hydroxylation is 3. The number of imide groups is 1.